The van der Waals surface area contributed by atoms with Gasteiger partial charge in [-0.2, -0.15) is 0 Å². The lowest BCUT2D eigenvalue weighted by Gasteiger charge is -2.35. The molecule has 0 spiro atoms. The molecule has 1 aliphatic heterocycles. The first-order chi connectivity index (χ1) is 11.3. The van der Waals surface area contributed by atoms with Gasteiger partial charge in [-0.15, -0.1) is 0 Å². The molecule has 2 amide bonds. The van der Waals surface area contributed by atoms with Gasteiger partial charge in [0.25, 0.3) is 0 Å². The van der Waals surface area contributed by atoms with E-state index in [0.717, 1.165) is 17.4 Å². The van der Waals surface area contributed by atoms with Crippen LogP contribution in [0.25, 0.3) is 0 Å². The number of benzene rings is 2. The number of hydrogen-bond acceptors (Lipinski definition) is 3. The summed E-state index contributed by atoms with van der Waals surface area (Å²) < 4.78 is 24.3. The minimum Gasteiger partial charge on any atom is -0.308 e. The number of anilines is 1. The predicted octanol–water partition coefficient (Wildman–Crippen LogP) is 3.30. The topological polar surface area (TPSA) is 66.5 Å². The van der Waals surface area contributed by atoms with E-state index in [1.165, 1.54) is 4.90 Å². The number of nitrogens with one attached hydrogen (secondary N) is 1. The summed E-state index contributed by atoms with van der Waals surface area (Å²) in [6.45, 7) is 0.250. The quantitative estimate of drug-likeness (QED) is 0.889. The van der Waals surface area contributed by atoms with Crippen molar-refractivity contribution in [1.82, 2.24) is 4.90 Å². The van der Waals surface area contributed by atoms with Gasteiger partial charge >= 0.3 is 6.03 Å². The lowest BCUT2D eigenvalue weighted by Crippen LogP contribution is -2.49. The Bertz CT molecular complexity index is 883. The van der Waals surface area contributed by atoms with E-state index in [0.29, 0.717) is 10.7 Å². The zero-order chi connectivity index (χ0) is 17.3. The normalized spacial score (nSPS) is 17.2. The molecule has 0 aliphatic carbocycles. The minimum atomic E-state index is -3.42. The van der Waals surface area contributed by atoms with Gasteiger partial charge in [-0.05, 0) is 29.3 Å². The molecule has 1 aliphatic rings. The number of rotatable bonds is 2. The van der Waals surface area contributed by atoms with Crippen molar-refractivity contribution in [2.75, 3.05) is 11.6 Å². The fourth-order valence-corrected chi connectivity index (χ4v) is 4.15. The highest BCUT2D eigenvalue weighted by Gasteiger charge is 2.36. The van der Waals surface area contributed by atoms with Crippen molar-refractivity contribution < 1.29 is 13.2 Å². The number of amides is 2. The molecule has 0 bridgehead atoms. The van der Waals surface area contributed by atoms with Crippen LogP contribution in [-0.4, -0.2) is 31.0 Å². The van der Waals surface area contributed by atoms with Gasteiger partial charge in [0.1, 0.15) is 5.37 Å². The highest BCUT2D eigenvalue weighted by atomic mass is 35.5. The van der Waals surface area contributed by atoms with E-state index in [4.69, 9.17) is 11.6 Å². The maximum atomic E-state index is 12.7. The van der Waals surface area contributed by atoms with Gasteiger partial charge in [-0.3, -0.25) is 0 Å². The average molecular weight is 365 g/mol. The van der Waals surface area contributed by atoms with Crippen molar-refractivity contribution in [3.8, 4) is 0 Å². The summed E-state index contributed by atoms with van der Waals surface area (Å²) in [5, 5.41) is 2.34. The third-order valence-electron chi connectivity index (χ3n) is 4.03. The molecule has 7 heteroatoms. The van der Waals surface area contributed by atoms with Crippen LogP contribution in [-0.2, 0) is 22.8 Å². The van der Waals surface area contributed by atoms with E-state index in [2.05, 4.69) is 5.32 Å². The Kier molecular flexibility index (Phi) is 4.51. The summed E-state index contributed by atoms with van der Waals surface area (Å²) in [6.07, 6.45) is 1.45. The number of hydrogen-bond donors (Lipinski definition) is 1. The smallest absolute Gasteiger partial charge is 0.308 e. The maximum Gasteiger partial charge on any atom is 0.323 e. The van der Waals surface area contributed by atoms with Gasteiger partial charge in [0, 0.05) is 29.9 Å². The van der Waals surface area contributed by atoms with Gasteiger partial charge < -0.3 is 10.2 Å². The van der Waals surface area contributed by atoms with Crippen LogP contribution in [0, 0.1) is 0 Å². The SMILES string of the molecule is CS(=O)(=O)C1Cc2ccccc2CN1C(=O)Nc1cccc(Cl)c1. The first kappa shape index (κ1) is 16.8. The summed E-state index contributed by atoms with van der Waals surface area (Å²) >= 11 is 5.92. The highest BCUT2D eigenvalue weighted by molar-refractivity contribution is 7.91. The molecule has 1 unspecified atom stereocenters. The molecule has 1 atom stereocenters. The van der Waals surface area contributed by atoms with Crippen molar-refractivity contribution in [2.45, 2.75) is 18.3 Å². The van der Waals surface area contributed by atoms with Crippen molar-refractivity contribution in [3.05, 3.63) is 64.7 Å². The summed E-state index contributed by atoms with van der Waals surface area (Å²) in [6, 6.07) is 13.9. The standard InChI is InChI=1S/C17H17ClN2O3S/c1-24(22,23)16-9-12-5-2-3-6-13(12)11-20(16)17(21)19-15-8-4-7-14(18)10-15/h2-8,10,16H,9,11H2,1H3,(H,19,21). The molecule has 3 rings (SSSR count). The van der Waals surface area contributed by atoms with E-state index in [1.807, 2.05) is 24.3 Å². The van der Waals surface area contributed by atoms with Crippen LogP contribution in [0.15, 0.2) is 48.5 Å². The Balaban J connectivity index is 1.90. The van der Waals surface area contributed by atoms with Gasteiger partial charge in [0.05, 0.1) is 0 Å². The lowest BCUT2D eigenvalue weighted by atomic mass is 10.00. The number of nitrogens with zero attached hydrogens (tertiary/aromatic N) is 1. The number of sulfone groups is 1. The highest BCUT2D eigenvalue weighted by Crippen LogP contribution is 2.27. The Hall–Kier alpha value is -2.05. The van der Waals surface area contributed by atoms with Gasteiger partial charge in [0.2, 0.25) is 0 Å². The first-order valence-corrected chi connectivity index (χ1v) is 9.77. The van der Waals surface area contributed by atoms with Gasteiger partial charge in [-0.25, -0.2) is 13.2 Å². The average Bonchev–Trinajstić information content (AvgIpc) is 2.52. The molecule has 1 N–H and O–H groups in total. The van der Waals surface area contributed by atoms with Crippen molar-refractivity contribution >= 4 is 33.2 Å². The molecule has 1 heterocycles. The molecule has 5 nitrogen and oxygen atoms in total. The molecule has 0 saturated heterocycles. The summed E-state index contributed by atoms with van der Waals surface area (Å²) in [7, 11) is -3.42. The van der Waals surface area contributed by atoms with Crippen LogP contribution in [0.1, 0.15) is 11.1 Å². The molecule has 24 heavy (non-hydrogen) atoms. The summed E-state index contributed by atoms with van der Waals surface area (Å²) in [4.78, 5) is 14.0. The third kappa shape index (κ3) is 3.55. The Morgan fingerprint density at radius 2 is 1.88 bits per heavy atom. The second-order valence-corrected chi connectivity index (χ2v) is 8.47. The Morgan fingerprint density at radius 3 is 2.54 bits per heavy atom. The van der Waals surface area contributed by atoms with Crippen LogP contribution in [0.3, 0.4) is 0 Å². The van der Waals surface area contributed by atoms with Crippen molar-refractivity contribution in [1.29, 1.82) is 0 Å². The third-order valence-corrected chi connectivity index (χ3v) is 5.68. The Labute approximate surface area is 146 Å². The van der Waals surface area contributed by atoms with Crippen LogP contribution in [0.4, 0.5) is 10.5 Å². The molecular formula is C17H17ClN2O3S. The van der Waals surface area contributed by atoms with E-state index in [-0.39, 0.29) is 13.0 Å². The number of urea groups is 1. The minimum absolute atomic E-state index is 0.250. The molecule has 2 aromatic carbocycles. The lowest BCUT2D eigenvalue weighted by molar-refractivity contribution is 0.197. The maximum absolute atomic E-state index is 12.7. The zero-order valence-electron chi connectivity index (χ0n) is 13.1. The fraction of sp³-hybridized carbons (Fsp3) is 0.235. The molecule has 0 fully saturated rings. The van der Waals surface area contributed by atoms with E-state index >= 15 is 0 Å². The largest absolute Gasteiger partial charge is 0.323 e. The van der Waals surface area contributed by atoms with Crippen molar-refractivity contribution in [2.24, 2.45) is 0 Å². The number of fused-ring (bicyclic) bond motifs is 1. The van der Waals surface area contributed by atoms with Crippen LogP contribution in [0.2, 0.25) is 5.02 Å². The van der Waals surface area contributed by atoms with Crippen molar-refractivity contribution in [3.63, 3.8) is 0 Å². The Morgan fingerprint density at radius 1 is 1.17 bits per heavy atom. The number of carbonyl (C=O) groups is 1. The molecule has 0 saturated carbocycles. The van der Waals surface area contributed by atoms with E-state index < -0.39 is 21.2 Å². The molecule has 2 aromatic rings. The van der Waals surface area contributed by atoms with Crippen LogP contribution in [0.5, 0.6) is 0 Å². The summed E-state index contributed by atoms with van der Waals surface area (Å²) in [5.41, 5.74) is 2.44. The molecule has 0 radical (unpaired) electrons. The van der Waals surface area contributed by atoms with E-state index in [1.54, 1.807) is 24.3 Å². The van der Waals surface area contributed by atoms with E-state index in [9.17, 15) is 13.2 Å². The molecule has 126 valence electrons. The van der Waals surface area contributed by atoms with Crippen LogP contribution >= 0.6 is 11.6 Å². The van der Waals surface area contributed by atoms with Gasteiger partial charge in [-0.1, -0.05) is 41.9 Å². The number of carbonyl (C=O) groups excluding carboxylic acids is 1. The number of halogens is 1. The van der Waals surface area contributed by atoms with Gasteiger partial charge in [0.15, 0.2) is 9.84 Å². The monoisotopic (exact) mass is 364 g/mol. The fourth-order valence-electron chi connectivity index (χ4n) is 2.84. The second kappa shape index (κ2) is 6.45. The molecule has 0 aromatic heterocycles. The molecular weight excluding hydrogens is 348 g/mol. The predicted molar refractivity (Wildman–Crippen MR) is 94.8 cm³/mol. The second-order valence-electron chi connectivity index (χ2n) is 5.83. The zero-order valence-corrected chi connectivity index (χ0v) is 14.6. The van der Waals surface area contributed by atoms with Crippen LogP contribution < -0.4 is 5.32 Å². The summed E-state index contributed by atoms with van der Waals surface area (Å²) in [5.74, 6) is 0. The first-order valence-electron chi connectivity index (χ1n) is 7.43.